The van der Waals surface area contributed by atoms with Crippen LogP contribution in [0.5, 0.6) is 0 Å². The summed E-state index contributed by atoms with van der Waals surface area (Å²) in [6.45, 7) is 5.92. The van der Waals surface area contributed by atoms with E-state index in [9.17, 15) is 4.79 Å². The Hall–Kier alpha value is -0.610. The Morgan fingerprint density at radius 3 is 1.73 bits per heavy atom. The van der Waals surface area contributed by atoms with Gasteiger partial charge in [-0.25, -0.2) is 0 Å². The Morgan fingerprint density at radius 1 is 1.27 bits per heavy atom. The van der Waals surface area contributed by atoms with Crippen molar-refractivity contribution in [2.75, 3.05) is 14.2 Å². The van der Waals surface area contributed by atoms with Gasteiger partial charge in [0, 0.05) is 7.11 Å². The fourth-order valence-corrected chi connectivity index (χ4v) is 0.751. The summed E-state index contributed by atoms with van der Waals surface area (Å²) in [4.78, 5) is 9.60. The Bertz CT molecular complexity index is 137. The number of rotatable bonds is 2. The van der Waals surface area contributed by atoms with Crippen LogP contribution in [-0.2, 0) is 14.3 Å². The van der Waals surface area contributed by atoms with Gasteiger partial charge in [-0.2, -0.15) is 0 Å². The fourth-order valence-electron chi connectivity index (χ4n) is 0.751. The van der Waals surface area contributed by atoms with Gasteiger partial charge < -0.3 is 15.2 Å². The molecule has 0 bridgehead atoms. The molecule has 15 heavy (non-hydrogen) atoms. The van der Waals surface area contributed by atoms with Crippen molar-refractivity contribution in [1.29, 1.82) is 0 Å². The standard InChI is InChI=1S/C5H10O2.C5H10O.CH5N/c1-5(2,3)7-4-6;1-6-5-3-2-4-5;1-2/h4H,1-3H3;5H,2-4H2,1H3;2H2,1H3. The lowest BCUT2D eigenvalue weighted by Crippen LogP contribution is -2.18. The number of hydrogen-bond acceptors (Lipinski definition) is 4. The van der Waals surface area contributed by atoms with Gasteiger partial charge in [0.25, 0.3) is 6.47 Å². The van der Waals surface area contributed by atoms with Crippen LogP contribution in [-0.4, -0.2) is 32.3 Å². The SMILES string of the molecule is CC(C)(C)OC=O.CN.COC1CCC1. The second-order valence-electron chi connectivity index (χ2n) is 4.12. The maximum absolute atomic E-state index is 9.60. The lowest BCUT2D eigenvalue weighted by Gasteiger charge is -2.22. The van der Waals surface area contributed by atoms with Crippen molar-refractivity contribution in [1.82, 2.24) is 0 Å². The van der Waals surface area contributed by atoms with Crippen LogP contribution < -0.4 is 5.73 Å². The lowest BCUT2D eigenvalue weighted by atomic mass is 9.96. The Labute approximate surface area is 93.1 Å². The highest BCUT2D eigenvalue weighted by atomic mass is 16.5. The van der Waals surface area contributed by atoms with Crippen LogP contribution >= 0.6 is 0 Å². The van der Waals surface area contributed by atoms with Gasteiger partial charge in [-0.1, -0.05) is 0 Å². The predicted octanol–water partition coefficient (Wildman–Crippen LogP) is 1.72. The van der Waals surface area contributed by atoms with E-state index in [0.29, 0.717) is 12.6 Å². The summed E-state index contributed by atoms with van der Waals surface area (Å²) in [5.41, 5.74) is 4.18. The van der Waals surface area contributed by atoms with E-state index in [-0.39, 0.29) is 5.60 Å². The molecule has 4 heteroatoms. The van der Waals surface area contributed by atoms with Gasteiger partial charge in [0.1, 0.15) is 5.60 Å². The van der Waals surface area contributed by atoms with E-state index in [0.717, 1.165) is 0 Å². The smallest absolute Gasteiger partial charge is 0.293 e. The van der Waals surface area contributed by atoms with Crippen molar-refractivity contribution < 1.29 is 14.3 Å². The van der Waals surface area contributed by atoms with E-state index in [1.807, 2.05) is 20.8 Å². The third-order valence-electron chi connectivity index (χ3n) is 1.79. The first-order valence-corrected chi connectivity index (χ1v) is 5.21. The second kappa shape index (κ2) is 9.93. The molecule has 0 aromatic carbocycles. The average Bonchev–Trinajstić information content (AvgIpc) is 2.04. The predicted molar refractivity (Wildman–Crippen MR) is 61.7 cm³/mol. The minimum atomic E-state index is -0.318. The largest absolute Gasteiger partial charge is 0.462 e. The molecule has 92 valence electrons. The molecule has 0 spiro atoms. The van der Waals surface area contributed by atoms with Crippen molar-refractivity contribution in [2.45, 2.75) is 51.7 Å². The van der Waals surface area contributed by atoms with E-state index < -0.39 is 0 Å². The number of carbonyl (C=O) groups is 1. The Morgan fingerprint density at radius 2 is 1.73 bits per heavy atom. The second-order valence-corrected chi connectivity index (χ2v) is 4.12. The molecule has 1 rings (SSSR count). The topological polar surface area (TPSA) is 61.5 Å². The number of hydrogen-bond donors (Lipinski definition) is 1. The van der Waals surface area contributed by atoms with Gasteiger partial charge >= 0.3 is 0 Å². The monoisotopic (exact) mass is 219 g/mol. The van der Waals surface area contributed by atoms with Gasteiger partial charge in [-0.05, 0) is 47.1 Å². The van der Waals surface area contributed by atoms with Crippen molar-refractivity contribution >= 4 is 6.47 Å². The van der Waals surface area contributed by atoms with Crippen LogP contribution in [0.2, 0.25) is 0 Å². The van der Waals surface area contributed by atoms with Crippen LogP contribution in [0.1, 0.15) is 40.0 Å². The first-order chi connectivity index (χ1) is 6.99. The van der Waals surface area contributed by atoms with Gasteiger partial charge in [0.15, 0.2) is 0 Å². The van der Waals surface area contributed by atoms with Crippen molar-refractivity contribution in [2.24, 2.45) is 5.73 Å². The molecule has 0 aromatic rings. The van der Waals surface area contributed by atoms with Crippen LogP contribution in [0, 0.1) is 0 Å². The molecule has 2 N–H and O–H groups in total. The lowest BCUT2D eigenvalue weighted by molar-refractivity contribution is -0.138. The van der Waals surface area contributed by atoms with Crippen LogP contribution in [0.25, 0.3) is 0 Å². The van der Waals surface area contributed by atoms with E-state index in [4.69, 9.17) is 4.74 Å². The minimum Gasteiger partial charge on any atom is -0.462 e. The zero-order chi connectivity index (χ0) is 12.3. The number of nitrogens with two attached hydrogens (primary N) is 1. The summed E-state index contributed by atoms with van der Waals surface area (Å²) in [5.74, 6) is 0. The van der Waals surface area contributed by atoms with E-state index in [1.165, 1.54) is 26.3 Å². The molecule has 0 radical (unpaired) electrons. The van der Waals surface area contributed by atoms with Gasteiger partial charge in [-0.3, -0.25) is 4.79 Å². The van der Waals surface area contributed by atoms with E-state index >= 15 is 0 Å². The van der Waals surface area contributed by atoms with Crippen molar-refractivity contribution in [3.8, 4) is 0 Å². The fraction of sp³-hybridized carbons (Fsp3) is 0.909. The Kier molecular flexibility index (Phi) is 11.1. The number of ether oxygens (including phenoxy) is 2. The molecule has 0 heterocycles. The van der Waals surface area contributed by atoms with Crippen molar-refractivity contribution in [3.63, 3.8) is 0 Å². The summed E-state index contributed by atoms with van der Waals surface area (Å²) >= 11 is 0. The molecular formula is C11H25NO3. The van der Waals surface area contributed by atoms with Crippen molar-refractivity contribution in [3.05, 3.63) is 0 Å². The highest BCUT2D eigenvalue weighted by Crippen LogP contribution is 2.20. The average molecular weight is 219 g/mol. The Balaban J connectivity index is 0. The number of carbonyl (C=O) groups excluding carboxylic acids is 1. The molecule has 0 saturated heterocycles. The van der Waals surface area contributed by atoms with Gasteiger partial charge in [0.05, 0.1) is 6.10 Å². The summed E-state index contributed by atoms with van der Waals surface area (Å²) in [6.07, 6.45) is 4.57. The highest BCUT2D eigenvalue weighted by molar-refractivity contribution is 5.37. The molecule has 1 aliphatic carbocycles. The minimum absolute atomic E-state index is 0.318. The maximum Gasteiger partial charge on any atom is 0.293 e. The normalized spacial score (nSPS) is 14.8. The summed E-state index contributed by atoms with van der Waals surface area (Å²) < 4.78 is 9.53. The molecule has 1 fully saturated rings. The molecule has 0 aliphatic heterocycles. The number of methoxy groups -OCH3 is 1. The first kappa shape index (κ1) is 16.8. The van der Waals surface area contributed by atoms with E-state index in [2.05, 4.69) is 10.5 Å². The zero-order valence-electron chi connectivity index (χ0n) is 10.6. The zero-order valence-corrected chi connectivity index (χ0v) is 10.6. The molecule has 4 nitrogen and oxygen atoms in total. The molecule has 0 unspecified atom stereocenters. The summed E-state index contributed by atoms with van der Waals surface area (Å²) in [5, 5.41) is 0. The third kappa shape index (κ3) is 13.4. The molecule has 0 amide bonds. The molecule has 0 aromatic heterocycles. The van der Waals surface area contributed by atoms with Crippen LogP contribution in [0.15, 0.2) is 0 Å². The molecule has 0 atom stereocenters. The third-order valence-corrected chi connectivity index (χ3v) is 1.79. The highest BCUT2D eigenvalue weighted by Gasteiger charge is 2.14. The van der Waals surface area contributed by atoms with E-state index in [1.54, 1.807) is 7.11 Å². The maximum atomic E-state index is 9.60. The van der Waals surface area contributed by atoms with Gasteiger partial charge in [0.2, 0.25) is 0 Å². The summed E-state index contributed by atoms with van der Waals surface area (Å²) in [7, 11) is 3.28. The molecule has 1 aliphatic rings. The quantitative estimate of drug-likeness (QED) is 0.718. The summed E-state index contributed by atoms with van der Waals surface area (Å²) in [6, 6.07) is 0. The molecule has 1 saturated carbocycles. The van der Waals surface area contributed by atoms with Crippen LogP contribution in [0.3, 0.4) is 0 Å². The van der Waals surface area contributed by atoms with Gasteiger partial charge in [-0.15, -0.1) is 0 Å². The molecular weight excluding hydrogens is 194 g/mol. The van der Waals surface area contributed by atoms with Crippen LogP contribution in [0.4, 0.5) is 0 Å². The first-order valence-electron chi connectivity index (χ1n) is 5.21.